The lowest BCUT2D eigenvalue weighted by Crippen LogP contribution is -2.22. The second-order valence-electron chi connectivity index (χ2n) is 6.64. The van der Waals surface area contributed by atoms with Crippen LogP contribution in [-0.4, -0.2) is 31.0 Å². The topological polar surface area (TPSA) is 112 Å². The number of carbonyl (C=O) groups is 1. The lowest BCUT2D eigenvalue weighted by Gasteiger charge is -2.03. The highest BCUT2D eigenvalue weighted by molar-refractivity contribution is 7.98. The van der Waals surface area contributed by atoms with Gasteiger partial charge in [-0.2, -0.15) is 0 Å². The highest BCUT2D eigenvalue weighted by atomic mass is 32.2. The van der Waals surface area contributed by atoms with Crippen LogP contribution in [-0.2, 0) is 12.3 Å². The summed E-state index contributed by atoms with van der Waals surface area (Å²) in [5, 5.41) is 20.5. The molecule has 1 amide bonds. The molecule has 0 aliphatic carbocycles. The third-order valence-corrected chi connectivity index (χ3v) is 6.39. The molecule has 2 heterocycles. The van der Waals surface area contributed by atoms with E-state index in [0.717, 1.165) is 16.7 Å². The molecule has 31 heavy (non-hydrogen) atoms. The minimum absolute atomic E-state index is 0.257. The van der Waals surface area contributed by atoms with Crippen LogP contribution in [0.1, 0.15) is 25.9 Å². The summed E-state index contributed by atoms with van der Waals surface area (Å²) in [6.07, 6.45) is 0. The number of aryl methyl sites for hydroxylation is 1. The summed E-state index contributed by atoms with van der Waals surface area (Å²) in [7, 11) is 0. The molecule has 0 atom stereocenters. The molecule has 0 saturated carbocycles. The number of benzene rings is 2. The number of nitrogen functional groups attached to an aromatic ring is 1. The van der Waals surface area contributed by atoms with Gasteiger partial charge in [0.2, 0.25) is 10.2 Å². The predicted molar refractivity (Wildman–Crippen MR) is 117 cm³/mol. The van der Waals surface area contributed by atoms with E-state index in [-0.39, 0.29) is 23.3 Å². The lowest BCUT2D eigenvalue weighted by molar-refractivity contribution is 0.0950. The average Bonchev–Trinajstić information content (AvgIpc) is 3.39. The van der Waals surface area contributed by atoms with Gasteiger partial charge in [0.1, 0.15) is 10.8 Å². The molecule has 0 bridgehead atoms. The Labute approximate surface area is 185 Å². The Hall–Kier alpha value is -3.31. The molecule has 0 unspecified atom stereocenters. The maximum atomic E-state index is 13.0. The van der Waals surface area contributed by atoms with E-state index in [1.807, 2.05) is 31.2 Å². The molecule has 2 aromatic heterocycles. The normalized spacial score (nSPS) is 10.9. The van der Waals surface area contributed by atoms with Gasteiger partial charge in [0.25, 0.3) is 5.91 Å². The standard InChI is InChI=1S/C20H18FN7OS2/c1-12-2-6-14(7-3-12)17-25-27-20(28(17)22)30-11-16-24-26-19(31-16)18(29)23-10-13-4-8-15(21)9-5-13/h2-9H,10-11,22H2,1H3,(H,23,29). The van der Waals surface area contributed by atoms with Crippen molar-refractivity contribution in [2.24, 2.45) is 0 Å². The summed E-state index contributed by atoms with van der Waals surface area (Å²) in [6.45, 7) is 2.29. The van der Waals surface area contributed by atoms with Gasteiger partial charge in [-0.15, -0.1) is 20.4 Å². The number of nitrogens with two attached hydrogens (primary N) is 1. The molecular weight excluding hydrogens is 437 g/mol. The molecule has 0 aliphatic rings. The first-order chi connectivity index (χ1) is 15.0. The molecule has 3 N–H and O–H groups in total. The first-order valence-corrected chi connectivity index (χ1v) is 11.0. The summed E-state index contributed by atoms with van der Waals surface area (Å²) < 4.78 is 14.4. The summed E-state index contributed by atoms with van der Waals surface area (Å²) >= 11 is 2.56. The third kappa shape index (κ3) is 5.06. The Morgan fingerprint density at radius 1 is 1.10 bits per heavy atom. The summed E-state index contributed by atoms with van der Waals surface area (Å²) in [4.78, 5) is 12.3. The monoisotopic (exact) mass is 455 g/mol. The van der Waals surface area contributed by atoms with Gasteiger partial charge in [0, 0.05) is 12.1 Å². The fraction of sp³-hybridized carbons (Fsp3) is 0.150. The maximum absolute atomic E-state index is 13.0. The highest BCUT2D eigenvalue weighted by Gasteiger charge is 2.16. The van der Waals surface area contributed by atoms with Crippen LogP contribution in [0.4, 0.5) is 4.39 Å². The molecule has 158 valence electrons. The van der Waals surface area contributed by atoms with Crippen LogP contribution >= 0.6 is 23.1 Å². The van der Waals surface area contributed by atoms with Crippen molar-refractivity contribution in [2.45, 2.75) is 24.4 Å². The van der Waals surface area contributed by atoms with E-state index in [9.17, 15) is 9.18 Å². The predicted octanol–water partition coefficient (Wildman–Crippen LogP) is 3.18. The number of nitrogens with zero attached hydrogens (tertiary/aromatic N) is 5. The van der Waals surface area contributed by atoms with E-state index >= 15 is 0 Å². The largest absolute Gasteiger partial charge is 0.346 e. The zero-order valence-electron chi connectivity index (χ0n) is 16.4. The first-order valence-electron chi connectivity index (χ1n) is 9.25. The summed E-state index contributed by atoms with van der Waals surface area (Å²) in [5.41, 5.74) is 2.82. The van der Waals surface area contributed by atoms with E-state index in [0.29, 0.717) is 21.7 Å². The highest BCUT2D eigenvalue weighted by Crippen LogP contribution is 2.25. The van der Waals surface area contributed by atoms with Crippen molar-refractivity contribution in [3.8, 4) is 11.4 Å². The zero-order valence-corrected chi connectivity index (χ0v) is 18.1. The van der Waals surface area contributed by atoms with Gasteiger partial charge >= 0.3 is 0 Å². The van der Waals surface area contributed by atoms with E-state index < -0.39 is 0 Å². The van der Waals surface area contributed by atoms with Crippen LogP contribution < -0.4 is 11.2 Å². The third-order valence-electron chi connectivity index (χ3n) is 4.33. The number of hydrogen-bond acceptors (Lipinski definition) is 8. The molecular formula is C20H18FN7OS2. The SMILES string of the molecule is Cc1ccc(-c2nnc(SCc3nnc(C(=O)NCc4ccc(F)cc4)s3)n2N)cc1. The van der Waals surface area contributed by atoms with Gasteiger partial charge in [-0.05, 0) is 24.6 Å². The Balaban J connectivity index is 1.34. The molecule has 0 radical (unpaired) electrons. The van der Waals surface area contributed by atoms with Gasteiger partial charge < -0.3 is 11.2 Å². The van der Waals surface area contributed by atoms with Crippen LogP contribution in [0.15, 0.2) is 53.7 Å². The van der Waals surface area contributed by atoms with Crippen molar-refractivity contribution in [1.29, 1.82) is 0 Å². The van der Waals surface area contributed by atoms with Gasteiger partial charge in [-0.25, -0.2) is 9.07 Å². The first kappa shape index (κ1) is 20.9. The van der Waals surface area contributed by atoms with Gasteiger partial charge in [-0.3, -0.25) is 4.79 Å². The van der Waals surface area contributed by atoms with Crippen LogP contribution in [0.3, 0.4) is 0 Å². The molecule has 11 heteroatoms. The Morgan fingerprint density at radius 2 is 1.84 bits per heavy atom. The quantitative estimate of drug-likeness (QED) is 0.325. The van der Waals surface area contributed by atoms with Crippen LogP contribution in [0.2, 0.25) is 0 Å². The van der Waals surface area contributed by atoms with Gasteiger partial charge in [0.05, 0.1) is 5.75 Å². The van der Waals surface area contributed by atoms with Crippen molar-refractivity contribution < 1.29 is 9.18 Å². The molecule has 0 saturated heterocycles. The van der Waals surface area contributed by atoms with Crippen molar-refractivity contribution in [3.63, 3.8) is 0 Å². The van der Waals surface area contributed by atoms with Crippen molar-refractivity contribution in [1.82, 2.24) is 30.4 Å². The number of halogens is 1. The smallest absolute Gasteiger partial charge is 0.282 e. The van der Waals surface area contributed by atoms with Crippen molar-refractivity contribution in [3.05, 3.63) is 75.5 Å². The fourth-order valence-electron chi connectivity index (χ4n) is 2.67. The Morgan fingerprint density at radius 3 is 2.58 bits per heavy atom. The summed E-state index contributed by atoms with van der Waals surface area (Å²) in [5.74, 6) is 6.52. The van der Waals surface area contributed by atoms with Crippen LogP contribution in [0.5, 0.6) is 0 Å². The summed E-state index contributed by atoms with van der Waals surface area (Å²) in [6, 6.07) is 13.8. The van der Waals surface area contributed by atoms with E-state index in [1.54, 1.807) is 12.1 Å². The molecule has 0 fully saturated rings. The number of thioether (sulfide) groups is 1. The van der Waals surface area contributed by atoms with Gasteiger partial charge in [0.15, 0.2) is 5.82 Å². The average molecular weight is 456 g/mol. The number of hydrogen-bond donors (Lipinski definition) is 2. The second-order valence-corrected chi connectivity index (χ2v) is 8.65. The van der Waals surface area contributed by atoms with E-state index in [1.165, 1.54) is 39.9 Å². The number of amides is 1. The van der Waals surface area contributed by atoms with Crippen molar-refractivity contribution in [2.75, 3.05) is 5.84 Å². The molecule has 0 aliphatic heterocycles. The van der Waals surface area contributed by atoms with E-state index in [4.69, 9.17) is 5.84 Å². The van der Waals surface area contributed by atoms with Crippen molar-refractivity contribution >= 4 is 29.0 Å². The molecule has 2 aromatic carbocycles. The second kappa shape index (κ2) is 9.23. The number of rotatable bonds is 7. The zero-order chi connectivity index (χ0) is 21.8. The Kier molecular flexibility index (Phi) is 6.23. The lowest BCUT2D eigenvalue weighted by atomic mass is 10.1. The minimum atomic E-state index is -0.332. The van der Waals surface area contributed by atoms with Crippen LogP contribution in [0.25, 0.3) is 11.4 Å². The van der Waals surface area contributed by atoms with Gasteiger partial charge in [-0.1, -0.05) is 65.1 Å². The molecule has 4 rings (SSSR count). The minimum Gasteiger partial charge on any atom is -0.346 e. The molecule has 8 nitrogen and oxygen atoms in total. The number of aromatic nitrogens is 5. The number of nitrogens with one attached hydrogen (secondary N) is 1. The molecule has 0 spiro atoms. The fourth-order valence-corrected chi connectivity index (χ4v) is 4.26. The molecule has 4 aromatic rings. The maximum Gasteiger partial charge on any atom is 0.282 e. The number of carbonyl (C=O) groups excluding carboxylic acids is 1. The Bertz CT molecular complexity index is 1190. The van der Waals surface area contributed by atoms with E-state index in [2.05, 4.69) is 25.7 Å². The van der Waals surface area contributed by atoms with Crippen LogP contribution in [0, 0.1) is 12.7 Å².